The summed E-state index contributed by atoms with van der Waals surface area (Å²) in [5.41, 5.74) is 2.56. The number of nitrogens with zero attached hydrogens (tertiary/aromatic N) is 3. The molecule has 7 nitrogen and oxygen atoms in total. The summed E-state index contributed by atoms with van der Waals surface area (Å²) in [6.07, 6.45) is -0.0222. The third-order valence-corrected chi connectivity index (χ3v) is 3.24. The highest BCUT2D eigenvalue weighted by atomic mass is 16.6. The molecule has 0 aliphatic rings. The lowest BCUT2D eigenvalue weighted by atomic mass is 10.1. The van der Waals surface area contributed by atoms with E-state index in [1.807, 2.05) is 0 Å². The van der Waals surface area contributed by atoms with Gasteiger partial charge in [-0.15, -0.1) is 0 Å². The fraction of sp³-hybridized carbons (Fsp3) is 0.286. The molecule has 0 aliphatic heterocycles. The van der Waals surface area contributed by atoms with Gasteiger partial charge in [0.05, 0.1) is 17.9 Å². The zero-order valence-electron chi connectivity index (χ0n) is 11.7. The number of carbonyl (C=O) groups is 1. The lowest BCUT2D eigenvalue weighted by molar-refractivity contribution is -0.386. The molecule has 0 saturated heterocycles. The number of aryl methyl sites for hydroxylation is 1. The zero-order chi connectivity index (χ0) is 15.6. The molecule has 2 rings (SSSR count). The first kappa shape index (κ1) is 14.7. The topological polar surface area (TPSA) is 98.3 Å². The fourth-order valence-corrected chi connectivity index (χ4v) is 2.22. The van der Waals surface area contributed by atoms with Crippen molar-refractivity contribution >= 4 is 11.7 Å². The highest BCUT2D eigenvalue weighted by Crippen LogP contribution is 2.22. The lowest BCUT2D eigenvalue weighted by Gasteiger charge is -2.05. The number of nitro groups is 1. The van der Waals surface area contributed by atoms with Crippen molar-refractivity contribution in [2.45, 2.75) is 26.8 Å². The molecule has 21 heavy (non-hydrogen) atoms. The largest absolute Gasteiger partial charge is 0.481 e. The van der Waals surface area contributed by atoms with Crippen molar-refractivity contribution in [2.75, 3.05) is 0 Å². The van der Waals surface area contributed by atoms with Gasteiger partial charge in [-0.2, -0.15) is 5.10 Å². The Morgan fingerprint density at radius 3 is 2.33 bits per heavy atom. The minimum atomic E-state index is -0.878. The molecule has 1 N–H and O–H groups in total. The second kappa shape index (κ2) is 5.74. The summed E-state index contributed by atoms with van der Waals surface area (Å²) in [7, 11) is 0. The van der Waals surface area contributed by atoms with Gasteiger partial charge in [-0.1, -0.05) is 24.3 Å². The van der Waals surface area contributed by atoms with Crippen LogP contribution in [0.25, 0.3) is 0 Å². The van der Waals surface area contributed by atoms with Gasteiger partial charge in [-0.3, -0.25) is 19.6 Å². The molecule has 0 saturated carbocycles. The normalized spacial score (nSPS) is 10.6. The van der Waals surface area contributed by atoms with Crippen molar-refractivity contribution in [2.24, 2.45) is 0 Å². The van der Waals surface area contributed by atoms with Crippen LogP contribution < -0.4 is 0 Å². The molecular formula is C14H15N3O4. The molecule has 0 atom stereocenters. The van der Waals surface area contributed by atoms with Gasteiger partial charge >= 0.3 is 11.7 Å². The van der Waals surface area contributed by atoms with Crippen molar-refractivity contribution in [3.05, 3.63) is 56.9 Å². The number of hydrogen-bond acceptors (Lipinski definition) is 4. The number of aliphatic carboxylic acids is 1. The van der Waals surface area contributed by atoms with E-state index >= 15 is 0 Å². The molecule has 1 heterocycles. The molecule has 0 bridgehead atoms. The van der Waals surface area contributed by atoms with Gasteiger partial charge in [0.25, 0.3) is 0 Å². The summed E-state index contributed by atoms with van der Waals surface area (Å²) in [6.45, 7) is 3.68. The summed E-state index contributed by atoms with van der Waals surface area (Å²) >= 11 is 0. The Morgan fingerprint density at radius 1 is 1.29 bits per heavy atom. The van der Waals surface area contributed by atoms with Gasteiger partial charge in [-0.25, -0.2) is 0 Å². The molecule has 0 radical (unpaired) electrons. The van der Waals surface area contributed by atoms with Crippen LogP contribution in [0, 0.1) is 24.0 Å². The van der Waals surface area contributed by atoms with E-state index in [9.17, 15) is 14.9 Å². The molecule has 2 aromatic rings. The Hall–Kier alpha value is -2.70. The van der Waals surface area contributed by atoms with Gasteiger partial charge in [0.1, 0.15) is 11.4 Å². The smallest absolute Gasteiger partial charge is 0.312 e. The average molecular weight is 289 g/mol. The second-order valence-corrected chi connectivity index (χ2v) is 4.82. The molecule has 0 spiro atoms. The van der Waals surface area contributed by atoms with Crippen molar-refractivity contribution in [3.63, 3.8) is 0 Å². The van der Waals surface area contributed by atoms with E-state index in [0.717, 1.165) is 5.56 Å². The van der Waals surface area contributed by atoms with Crippen LogP contribution in [0.1, 0.15) is 22.5 Å². The Balaban J connectivity index is 2.21. The molecule has 1 aromatic carbocycles. The SMILES string of the molecule is Cc1nn(Cc2ccc(CC(=O)O)cc2)c(C)c1[N+](=O)[O-]. The molecule has 0 unspecified atom stereocenters. The van der Waals surface area contributed by atoms with Crippen LogP contribution in [0.3, 0.4) is 0 Å². The number of aromatic nitrogens is 2. The third kappa shape index (κ3) is 3.25. The van der Waals surface area contributed by atoms with Crippen molar-refractivity contribution in [1.82, 2.24) is 9.78 Å². The van der Waals surface area contributed by atoms with Crippen molar-refractivity contribution < 1.29 is 14.8 Å². The minimum absolute atomic E-state index is 0.0222. The van der Waals surface area contributed by atoms with Crippen LogP contribution in [0.15, 0.2) is 24.3 Å². The lowest BCUT2D eigenvalue weighted by Crippen LogP contribution is -2.05. The minimum Gasteiger partial charge on any atom is -0.481 e. The van der Waals surface area contributed by atoms with Crippen molar-refractivity contribution in [1.29, 1.82) is 0 Å². The number of rotatable bonds is 5. The maximum Gasteiger partial charge on any atom is 0.312 e. The highest BCUT2D eigenvalue weighted by Gasteiger charge is 2.21. The number of benzene rings is 1. The predicted molar refractivity (Wildman–Crippen MR) is 75.2 cm³/mol. The maximum atomic E-state index is 11.0. The van der Waals surface area contributed by atoms with Gasteiger partial charge in [0, 0.05) is 0 Å². The Morgan fingerprint density at radius 2 is 1.86 bits per heavy atom. The zero-order valence-corrected chi connectivity index (χ0v) is 11.7. The first-order chi connectivity index (χ1) is 9.88. The second-order valence-electron chi connectivity index (χ2n) is 4.82. The summed E-state index contributed by atoms with van der Waals surface area (Å²) < 4.78 is 1.58. The quantitative estimate of drug-likeness (QED) is 0.671. The summed E-state index contributed by atoms with van der Waals surface area (Å²) in [4.78, 5) is 21.1. The van der Waals surface area contributed by atoms with Crippen LogP contribution >= 0.6 is 0 Å². The number of carboxylic acid groups (broad SMARTS) is 1. The molecule has 1 aromatic heterocycles. The summed E-state index contributed by atoms with van der Waals surface area (Å²) in [5.74, 6) is -0.878. The number of carboxylic acids is 1. The average Bonchev–Trinajstić information content (AvgIpc) is 2.66. The van der Waals surface area contributed by atoms with E-state index in [1.54, 1.807) is 42.8 Å². The van der Waals surface area contributed by atoms with E-state index in [-0.39, 0.29) is 12.1 Å². The van der Waals surface area contributed by atoms with Gasteiger partial charge in [0.2, 0.25) is 0 Å². The third-order valence-electron chi connectivity index (χ3n) is 3.24. The van der Waals surface area contributed by atoms with E-state index in [1.165, 1.54) is 0 Å². The van der Waals surface area contributed by atoms with Crippen LogP contribution in [0.5, 0.6) is 0 Å². The Bertz CT molecular complexity index is 689. The van der Waals surface area contributed by atoms with Crippen molar-refractivity contribution in [3.8, 4) is 0 Å². The first-order valence-corrected chi connectivity index (χ1v) is 6.36. The maximum absolute atomic E-state index is 11.0. The predicted octanol–water partition coefficient (Wildman–Crippen LogP) is 2.08. The monoisotopic (exact) mass is 289 g/mol. The summed E-state index contributed by atoms with van der Waals surface area (Å²) in [6, 6.07) is 7.09. The molecular weight excluding hydrogens is 274 g/mol. The van der Waals surface area contributed by atoms with Gasteiger partial charge in [0.15, 0.2) is 0 Å². The van der Waals surface area contributed by atoms with Crippen LogP contribution in [0.2, 0.25) is 0 Å². The van der Waals surface area contributed by atoms with E-state index in [4.69, 9.17) is 5.11 Å². The van der Waals surface area contributed by atoms with Crippen LogP contribution in [0.4, 0.5) is 5.69 Å². The first-order valence-electron chi connectivity index (χ1n) is 6.36. The Kier molecular flexibility index (Phi) is 4.02. The fourth-order valence-electron chi connectivity index (χ4n) is 2.22. The van der Waals surface area contributed by atoms with E-state index in [2.05, 4.69) is 5.10 Å². The van der Waals surface area contributed by atoms with E-state index < -0.39 is 10.9 Å². The molecule has 110 valence electrons. The molecule has 7 heteroatoms. The van der Waals surface area contributed by atoms with Crippen LogP contribution in [-0.4, -0.2) is 25.8 Å². The Labute approximate surface area is 121 Å². The van der Waals surface area contributed by atoms with Crippen LogP contribution in [-0.2, 0) is 17.8 Å². The van der Waals surface area contributed by atoms with Gasteiger partial charge in [-0.05, 0) is 25.0 Å². The van der Waals surface area contributed by atoms with E-state index in [0.29, 0.717) is 23.5 Å². The standard InChI is InChI=1S/C14H15N3O4/c1-9-14(17(20)21)10(2)16(15-9)8-12-5-3-11(4-6-12)7-13(18)19/h3-6H,7-8H2,1-2H3,(H,18,19). The highest BCUT2D eigenvalue weighted by molar-refractivity contribution is 5.70. The summed E-state index contributed by atoms with van der Waals surface area (Å²) in [5, 5.41) is 23.8. The number of hydrogen-bond donors (Lipinski definition) is 1. The molecule has 0 aliphatic carbocycles. The van der Waals surface area contributed by atoms with Gasteiger partial charge < -0.3 is 5.11 Å². The molecule has 0 amide bonds. The molecule has 0 fully saturated rings.